The van der Waals surface area contributed by atoms with E-state index < -0.39 is 0 Å². The molecule has 1 atom stereocenters. The molecule has 1 unspecified atom stereocenters. The van der Waals surface area contributed by atoms with Crippen LogP contribution in [0.15, 0.2) is 30.5 Å². The molecule has 0 fully saturated rings. The van der Waals surface area contributed by atoms with E-state index in [1.807, 2.05) is 42.7 Å². The van der Waals surface area contributed by atoms with Gasteiger partial charge in [-0.15, -0.1) is 0 Å². The van der Waals surface area contributed by atoms with E-state index in [0.717, 1.165) is 23.6 Å². The Labute approximate surface area is 150 Å². The maximum Gasteiger partial charge on any atom is 0.253 e. The van der Waals surface area contributed by atoms with E-state index >= 15 is 0 Å². The van der Waals surface area contributed by atoms with Crippen molar-refractivity contribution >= 4 is 5.91 Å². The van der Waals surface area contributed by atoms with E-state index in [-0.39, 0.29) is 12.5 Å². The third kappa shape index (κ3) is 4.92. The molecule has 2 aromatic rings. The first-order valence-corrected chi connectivity index (χ1v) is 8.93. The van der Waals surface area contributed by atoms with Gasteiger partial charge in [-0.1, -0.05) is 19.9 Å². The molecule has 5 nitrogen and oxygen atoms in total. The lowest BCUT2D eigenvalue weighted by atomic mass is 9.94. The number of aryl methyl sites for hydroxylation is 1. The van der Waals surface area contributed by atoms with Crippen molar-refractivity contribution in [1.82, 2.24) is 14.9 Å². The molecule has 1 amide bonds. The molecule has 2 N–H and O–H groups in total. The van der Waals surface area contributed by atoms with E-state index in [1.54, 1.807) is 6.20 Å². The molecule has 2 aromatic heterocycles. The highest BCUT2D eigenvalue weighted by Gasteiger charge is 2.18. The zero-order valence-corrected chi connectivity index (χ0v) is 15.6. The van der Waals surface area contributed by atoms with Crippen molar-refractivity contribution in [2.45, 2.75) is 40.5 Å². The fraction of sp³-hybridized carbons (Fsp3) is 0.500. The van der Waals surface area contributed by atoms with Crippen LogP contribution in [0.3, 0.4) is 0 Å². The normalized spacial score (nSPS) is 12.4. The van der Waals surface area contributed by atoms with Crippen molar-refractivity contribution in [3.63, 3.8) is 0 Å². The molecule has 2 rings (SSSR count). The predicted molar refractivity (Wildman–Crippen MR) is 100 cm³/mol. The van der Waals surface area contributed by atoms with Crippen molar-refractivity contribution in [2.75, 3.05) is 13.2 Å². The van der Waals surface area contributed by atoms with Crippen LogP contribution >= 0.6 is 0 Å². The monoisotopic (exact) mass is 343 g/mol. The number of pyridine rings is 1. The molecule has 0 aliphatic rings. The van der Waals surface area contributed by atoms with Crippen LogP contribution in [0.4, 0.5) is 0 Å². The Morgan fingerprint density at radius 2 is 2.08 bits per heavy atom. The van der Waals surface area contributed by atoms with Crippen molar-refractivity contribution in [2.24, 2.45) is 11.8 Å². The average Bonchev–Trinajstić information content (AvgIpc) is 2.87. The number of carbonyl (C=O) groups is 1. The number of nitrogens with zero attached hydrogens (tertiary/aromatic N) is 2. The maximum absolute atomic E-state index is 12.6. The lowest BCUT2D eigenvalue weighted by Gasteiger charge is -2.18. The second-order valence-electron chi connectivity index (χ2n) is 7.03. The highest BCUT2D eigenvalue weighted by atomic mass is 16.3. The first kappa shape index (κ1) is 19.2. The smallest absolute Gasteiger partial charge is 0.253 e. The zero-order chi connectivity index (χ0) is 18.4. The molecule has 5 heteroatoms. The van der Waals surface area contributed by atoms with Gasteiger partial charge in [-0.05, 0) is 56.7 Å². The molecule has 25 heavy (non-hydrogen) atoms. The number of carbonyl (C=O) groups excluding carboxylic acids is 1. The number of aromatic nitrogens is 2. The Balaban J connectivity index is 2.12. The Morgan fingerprint density at radius 1 is 1.32 bits per heavy atom. The first-order chi connectivity index (χ1) is 11.9. The molecule has 0 aromatic carbocycles. The maximum atomic E-state index is 12.6. The molecule has 0 aliphatic carbocycles. The summed E-state index contributed by atoms with van der Waals surface area (Å²) < 4.78 is 1.99. The molecule has 0 spiro atoms. The summed E-state index contributed by atoms with van der Waals surface area (Å²) in [7, 11) is 0. The van der Waals surface area contributed by atoms with Crippen molar-refractivity contribution in [3.05, 3.63) is 47.4 Å². The third-order valence-electron chi connectivity index (χ3n) is 4.45. The van der Waals surface area contributed by atoms with E-state index in [1.165, 1.54) is 0 Å². The minimum absolute atomic E-state index is 0.0676. The van der Waals surface area contributed by atoms with Crippen molar-refractivity contribution < 1.29 is 9.90 Å². The van der Waals surface area contributed by atoms with Crippen LogP contribution in [0.2, 0.25) is 0 Å². The van der Waals surface area contributed by atoms with Crippen LogP contribution in [0.25, 0.3) is 5.82 Å². The highest BCUT2D eigenvalue weighted by Crippen LogP contribution is 2.20. The lowest BCUT2D eigenvalue weighted by Crippen LogP contribution is -2.30. The van der Waals surface area contributed by atoms with Gasteiger partial charge in [0.2, 0.25) is 0 Å². The molecule has 2 heterocycles. The minimum atomic E-state index is -0.0676. The van der Waals surface area contributed by atoms with Gasteiger partial charge in [0.25, 0.3) is 5.91 Å². The zero-order valence-electron chi connectivity index (χ0n) is 15.6. The Kier molecular flexibility index (Phi) is 6.76. The van der Waals surface area contributed by atoms with Gasteiger partial charge in [0.1, 0.15) is 5.82 Å². The van der Waals surface area contributed by atoms with Gasteiger partial charge in [0.15, 0.2) is 0 Å². The Bertz CT molecular complexity index is 692. The summed E-state index contributed by atoms with van der Waals surface area (Å²) in [6.45, 7) is 8.98. The summed E-state index contributed by atoms with van der Waals surface area (Å²) >= 11 is 0. The largest absolute Gasteiger partial charge is 0.396 e. The van der Waals surface area contributed by atoms with Crippen LogP contribution < -0.4 is 5.32 Å². The highest BCUT2D eigenvalue weighted by molar-refractivity contribution is 5.95. The second-order valence-corrected chi connectivity index (χ2v) is 7.03. The molecule has 136 valence electrons. The summed E-state index contributed by atoms with van der Waals surface area (Å²) in [4.78, 5) is 17.0. The summed E-state index contributed by atoms with van der Waals surface area (Å²) in [5.74, 6) is 1.59. The van der Waals surface area contributed by atoms with E-state index in [0.29, 0.717) is 30.4 Å². The standard InChI is InChI=1S/C20H29N3O2/c1-14(2)11-17(8-10-24)13-22-20(25)18-12-15(3)23(16(18)4)19-7-5-6-9-21-19/h5-7,9,12,14,17,24H,8,10-11,13H2,1-4H3,(H,22,25). The SMILES string of the molecule is Cc1cc(C(=O)NCC(CCO)CC(C)C)c(C)n1-c1ccccn1. The lowest BCUT2D eigenvalue weighted by molar-refractivity contribution is 0.0940. The molecule has 0 radical (unpaired) electrons. The minimum Gasteiger partial charge on any atom is -0.396 e. The number of rotatable bonds is 8. The van der Waals surface area contributed by atoms with Gasteiger partial charge in [0, 0.05) is 30.7 Å². The molecule has 0 saturated carbocycles. The van der Waals surface area contributed by atoms with Gasteiger partial charge < -0.3 is 15.0 Å². The van der Waals surface area contributed by atoms with Gasteiger partial charge in [-0.3, -0.25) is 4.79 Å². The summed E-state index contributed by atoms with van der Waals surface area (Å²) in [5.41, 5.74) is 2.54. The van der Waals surface area contributed by atoms with E-state index in [4.69, 9.17) is 0 Å². The molecule has 0 saturated heterocycles. The topological polar surface area (TPSA) is 67.2 Å². The van der Waals surface area contributed by atoms with E-state index in [9.17, 15) is 9.90 Å². The quantitative estimate of drug-likeness (QED) is 0.773. The van der Waals surface area contributed by atoms with Crippen LogP contribution in [-0.2, 0) is 0 Å². The van der Waals surface area contributed by atoms with Gasteiger partial charge in [-0.25, -0.2) is 4.98 Å². The Morgan fingerprint density at radius 3 is 2.68 bits per heavy atom. The van der Waals surface area contributed by atoms with Crippen LogP contribution in [-0.4, -0.2) is 33.7 Å². The Hall–Kier alpha value is -2.14. The summed E-state index contributed by atoms with van der Waals surface area (Å²) in [6.07, 6.45) is 3.46. The summed E-state index contributed by atoms with van der Waals surface area (Å²) in [6, 6.07) is 7.65. The molecular formula is C20H29N3O2. The van der Waals surface area contributed by atoms with E-state index in [2.05, 4.69) is 24.1 Å². The number of amides is 1. The fourth-order valence-corrected chi connectivity index (χ4v) is 3.32. The molecule has 0 aliphatic heterocycles. The average molecular weight is 343 g/mol. The number of hydrogen-bond acceptors (Lipinski definition) is 3. The van der Waals surface area contributed by atoms with Crippen molar-refractivity contribution in [1.29, 1.82) is 0 Å². The number of nitrogens with one attached hydrogen (secondary N) is 1. The first-order valence-electron chi connectivity index (χ1n) is 8.93. The van der Waals surface area contributed by atoms with Crippen LogP contribution in [0.5, 0.6) is 0 Å². The number of hydrogen-bond donors (Lipinski definition) is 2. The number of aliphatic hydroxyl groups excluding tert-OH is 1. The van der Waals surface area contributed by atoms with Crippen molar-refractivity contribution in [3.8, 4) is 5.82 Å². The van der Waals surface area contributed by atoms with Crippen LogP contribution in [0, 0.1) is 25.7 Å². The van der Waals surface area contributed by atoms with Gasteiger partial charge >= 0.3 is 0 Å². The molecular weight excluding hydrogens is 314 g/mol. The summed E-state index contributed by atoms with van der Waals surface area (Å²) in [5, 5.41) is 12.3. The van der Waals surface area contributed by atoms with Gasteiger partial charge in [0.05, 0.1) is 5.56 Å². The molecule has 0 bridgehead atoms. The number of aliphatic hydroxyl groups is 1. The fourth-order valence-electron chi connectivity index (χ4n) is 3.32. The van der Waals surface area contributed by atoms with Gasteiger partial charge in [-0.2, -0.15) is 0 Å². The second kappa shape index (κ2) is 8.81. The predicted octanol–water partition coefficient (Wildman–Crippen LogP) is 3.26. The third-order valence-corrected chi connectivity index (χ3v) is 4.45. The van der Waals surface area contributed by atoms with Crippen LogP contribution in [0.1, 0.15) is 48.4 Å².